The summed E-state index contributed by atoms with van der Waals surface area (Å²) < 4.78 is 46.5. The van der Waals surface area contributed by atoms with Crippen molar-refractivity contribution in [1.82, 2.24) is 4.31 Å². The van der Waals surface area contributed by atoms with Crippen LogP contribution in [0.25, 0.3) is 0 Å². The molecule has 0 spiro atoms. The normalized spacial score (nSPS) is 20.1. The molecule has 0 radical (unpaired) electrons. The van der Waals surface area contributed by atoms with E-state index >= 15 is 0 Å². The summed E-state index contributed by atoms with van der Waals surface area (Å²) in [6, 6.07) is 9.54. The lowest BCUT2D eigenvalue weighted by Gasteiger charge is -2.19. The highest BCUT2D eigenvalue weighted by atomic mass is 35.5. The van der Waals surface area contributed by atoms with Gasteiger partial charge >= 0.3 is 0 Å². The second kappa shape index (κ2) is 8.23. The molecule has 0 aliphatic carbocycles. The van der Waals surface area contributed by atoms with Gasteiger partial charge in [0, 0.05) is 23.6 Å². The Morgan fingerprint density at radius 2 is 2.00 bits per heavy atom. The molecule has 0 unspecified atom stereocenters. The predicted octanol–water partition coefficient (Wildman–Crippen LogP) is 3.06. The maximum Gasteiger partial charge on any atom is 0.244 e. The van der Waals surface area contributed by atoms with Gasteiger partial charge in [0.1, 0.15) is 28.6 Å². The lowest BCUT2D eigenvalue weighted by molar-refractivity contribution is 0.122. The van der Waals surface area contributed by atoms with Crippen LogP contribution < -0.4 is 4.74 Å². The number of aliphatic hydroxyl groups is 1. The molecule has 28 heavy (non-hydrogen) atoms. The monoisotopic (exact) mass is 444 g/mol. The van der Waals surface area contributed by atoms with Crippen LogP contribution in [0, 0.1) is 23.1 Å². The number of nitriles is 1. The van der Waals surface area contributed by atoms with Gasteiger partial charge in [0.15, 0.2) is 0 Å². The van der Waals surface area contributed by atoms with Crippen molar-refractivity contribution in [1.29, 1.82) is 5.26 Å². The molecule has 1 aliphatic rings. The van der Waals surface area contributed by atoms with Crippen molar-refractivity contribution in [2.45, 2.75) is 11.0 Å². The van der Waals surface area contributed by atoms with Crippen LogP contribution in [0.15, 0.2) is 41.3 Å². The van der Waals surface area contributed by atoms with Gasteiger partial charge in [-0.2, -0.15) is 9.57 Å². The average molecular weight is 445 g/mol. The Morgan fingerprint density at radius 3 is 2.61 bits per heavy atom. The van der Waals surface area contributed by atoms with Crippen LogP contribution in [0.2, 0.25) is 10.0 Å². The van der Waals surface area contributed by atoms with E-state index in [2.05, 4.69) is 0 Å². The molecule has 0 saturated carbocycles. The molecular formula is C18H15Cl2FN2O4S. The van der Waals surface area contributed by atoms with Crippen LogP contribution in [0.5, 0.6) is 5.75 Å². The molecule has 1 N–H and O–H groups in total. The summed E-state index contributed by atoms with van der Waals surface area (Å²) in [4.78, 5) is -0.0969. The SMILES string of the molecule is N#Cc1ccc(O[C@H]2CN(S(=O)(=O)c3ccc(Cl)cc3Cl)C[C@H]2CO)cc1F. The molecule has 1 fully saturated rings. The van der Waals surface area contributed by atoms with Crippen LogP contribution in [0.4, 0.5) is 4.39 Å². The summed E-state index contributed by atoms with van der Waals surface area (Å²) in [5.41, 5.74) is -0.126. The first-order valence-corrected chi connectivity index (χ1v) is 10.4. The van der Waals surface area contributed by atoms with Crippen molar-refractivity contribution in [3.8, 4) is 11.8 Å². The zero-order valence-corrected chi connectivity index (χ0v) is 16.7. The highest BCUT2D eigenvalue weighted by Crippen LogP contribution is 2.32. The molecule has 2 aromatic carbocycles. The summed E-state index contributed by atoms with van der Waals surface area (Å²) in [6.45, 7) is -0.348. The van der Waals surface area contributed by atoms with E-state index in [0.717, 1.165) is 10.4 Å². The molecule has 1 aliphatic heterocycles. The Kier molecular flexibility index (Phi) is 6.12. The summed E-state index contributed by atoms with van der Waals surface area (Å²) in [7, 11) is -3.94. The maximum atomic E-state index is 13.8. The van der Waals surface area contributed by atoms with Gasteiger partial charge in [0.25, 0.3) is 0 Å². The Balaban J connectivity index is 1.83. The van der Waals surface area contributed by atoms with Crippen LogP contribution in [-0.2, 0) is 10.0 Å². The number of sulfonamides is 1. The second-order valence-electron chi connectivity index (χ2n) is 6.25. The topological polar surface area (TPSA) is 90.6 Å². The molecule has 10 heteroatoms. The lowest BCUT2D eigenvalue weighted by atomic mass is 10.1. The Morgan fingerprint density at radius 1 is 1.25 bits per heavy atom. The number of rotatable bonds is 5. The molecule has 1 heterocycles. The van der Waals surface area contributed by atoms with Crippen molar-refractivity contribution in [2.75, 3.05) is 19.7 Å². The third kappa shape index (κ3) is 4.09. The maximum absolute atomic E-state index is 13.8. The largest absolute Gasteiger partial charge is 0.489 e. The third-order valence-corrected chi connectivity index (χ3v) is 6.99. The van der Waals surface area contributed by atoms with E-state index in [1.165, 1.54) is 30.3 Å². The first-order chi connectivity index (χ1) is 13.3. The minimum Gasteiger partial charge on any atom is -0.489 e. The molecular weight excluding hydrogens is 430 g/mol. The zero-order chi connectivity index (χ0) is 20.5. The van der Waals surface area contributed by atoms with Gasteiger partial charge in [-0.15, -0.1) is 0 Å². The number of halogens is 3. The summed E-state index contributed by atoms with van der Waals surface area (Å²) >= 11 is 11.9. The second-order valence-corrected chi connectivity index (χ2v) is 9.00. The molecule has 2 aromatic rings. The number of ether oxygens (including phenoxy) is 1. The van der Waals surface area contributed by atoms with E-state index in [4.69, 9.17) is 33.2 Å². The molecule has 1 saturated heterocycles. The van der Waals surface area contributed by atoms with E-state index in [-0.39, 0.29) is 40.9 Å². The smallest absolute Gasteiger partial charge is 0.244 e. The first-order valence-electron chi connectivity index (χ1n) is 8.18. The van der Waals surface area contributed by atoms with Gasteiger partial charge in [-0.1, -0.05) is 23.2 Å². The van der Waals surface area contributed by atoms with Crippen LogP contribution in [-0.4, -0.2) is 43.6 Å². The third-order valence-electron chi connectivity index (χ3n) is 4.44. The van der Waals surface area contributed by atoms with Crippen molar-refractivity contribution in [3.63, 3.8) is 0 Å². The van der Waals surface area contributed by atoms with Crippen LogP contribution >= 0.6 is 23.2 Å². The van der Waals surface area contributed by atoms with E-state index in [9.17, 15) is 17.9 Å². The number of benzene rings is 2. The van der Waals surface area contributed by atoms with Gasteiger partial charge < -0.3 is 9.84 Å². The molecule has 6 nitrogen and oxygen atoms in total. The lowest BCUT2D eigenvalue weighted by Crippen LogP contribution is -2.31. The highest BCUT2D eigenvalue weighted by Gasteiger charge is 2.41. The Hall–Kier alpha value is -1.89. The number of hydrogen-bond acceptors (Lipinski definition) is 5. The van der Waals surface area contributed by atoms with E-state index in [1.807, 2.05) is 0 Å². The fourth-order valence-corrected chi connectivity index (χ4v) is 5.22. The Labute approximate surface area is 171 Å². The van der Waals surface area contributed by atoms with E-state index in [1.54, 1.807) is 6.07 Å². The van der Waals surface area contributed by atoms with Crippen molar-refractivity contribution in [3.05, 3.63) is 57.8 Å². The van der Waals surface area contributed by atoms with Gasteiger partial charge in [0.05, 0.1) is 23.7 Å². The Bertz CT molecular complexity index is 1040. The number of aliphatic hydroxyl groups excluding tert-OH is 1. The summed E-state index contributed by atoms with van der Waals surface area (Å²) in [5, 5.41) is 18.7. The first kappa shape index (κ1) is 20.8. The van der Waals surface area contributed by atoms with Gasteiger partial charge in [-0.05, 0) is 30.3 Å². The van der Waals surface area contributed by atoms with Crippen LogP contribution in [0.3, 0.4) is 0 Å². The standard InChI is InChI=1S/C18H15Cl2FN2O4S/c19-13-2-4-18(15(20)5-13)28(25,26)23-8-12(10-24)17(9-23)27-14-3-1-11(7-22)16(21)6-14/h1-6,12,17,24H,8-10H2/t12-,17-/m0/s1. The van der Waals surface area contributed by atoms with E-state index < -0.39 is 27.9 Å². The molecule has 0 aromatic heterocycles. The van der Waals surface area contributed by atoms with Gasteiger partial charge in [0.2, 0.25) is 10.0 Å². The fraction of sp³-hybridized carbons (Fsp3) is 0.278. The minimum atomic E-state index is -3.94. The predicted molar refractivity (Wildman–Crippen MR) is 101 cm³/mol. The molecule has 0 bridgehead atoms. The zero-order valence-electron chi connectivity index (χ0n) is 14.3. The fourth-order valence-electron chi connectivity index (χ4n) is 2.97. The van der Waals surface area contributed by atoms with E-state index in [0.29, 0.717) is 5.02 Å². The molecule has 0 amide bonds. The summed E-state index contributed by atoms with van der Waals surface area (Å²) in [5.74, 6) is -1.11. The molecule has 148 valence electrons. The summed E-state index contributed by atoms with van der Waals surface area (Å²) in [6.07, 6.45) is -0.696. The minimum absolute atomic E-state index is 0.00780. The number of nitrogens with zero attached hydrogens (tertiary/aromatic N) is 2. The van der Waals surface area contributed by atoms with Crippen LogP contribution in [0.1, 0.15) is 5.56 Å². The van der Waals surface area contributed by atoms with Crippen molar-refractivity contribution in [2.24, 2.45) is 5.92 Å². The molecule has 3 rings (SSSR count). The van der Waals surface area contributed by atoms with Gasteiger partial charge in [-0.25, -0.2) is 12.8 Å². The van der Waals surface area contributed by atoms with Gasteiger partial charge in [-0.3, -0.25) is 0 Å². The van der Waals surface area contributed by atoms with Crippen molar-refractivity contribution < 1.29 is 22.7 Å². The van der Waals surface area contributed by atoms with Crippen molar-refractivity contribution >= 4 is 33.2 Å². The quantitative estimate of drug-likeness (QED) is 0.764. The number of hydrogen-bond donors (Lipinski definition) is 1. The molecule has 2 atom stereocenters. The highest BCUT2D eigenvalue weighted by molar-refractivity contribution is 7.89. The average Bonchev–Trinajstić information content (AvgIpc) is 3.05.